The molecule has 0 spiro atoms. The second-order valence-corrected chi connectivity index (χ2v) is 4.21. The minimum absolute atomic E-state index is 0.00998. The first-order valence-electron chi connectivity index (χ1n) is 6.04. The summed E-state index contributed by atoms with van der Waals surface area (Å²) in [6.07, 6.45) is 0.603. The lowest BCUT2D eigenvalue weighted by Crippen LogP contribution is -2.36. The van der Waals surface area contributed by atoms with Gasteiger partial charge in [-0.1, -0.05) is 0 Å². The molecule has 0 N–H and O–H groups in total. The molecule has 0 saturated carbocycles. The van der Waals surface area contributed by atoms with E-state index >= 15 is 0 Å². The van der Waals surface area contributed by atoms with Crippen molar-refractivity contribution in [1.29, 1.82) is 0 Å². The van der Waals surface area contributed by atoms with Crippen LogP contribution in [0.1, 0.15) is 24.2 Å². The van der Waals surface area contributed by atoms with Gasteiger partial charge >= 0.3 is 0 Å². The Morgan fingerprint density at radius 2 is 2.21 bits per heavy atom. The van der Waals surface area contributed by atoms with Crippen molar-refractivity contribution in [3.05, 3.63) is 33.9 Å². The zero-order valence-corrected chi connectivity index (χ0v) is 11.3. The number of hydrogen-bond donors (Lipinski definition) is 0. The SMILES string of the molecule is CCN(c1ccc(C=O)cc1[N+](=O)[O-])C(C)COC. The molecule has 0 heterocycles. The quantitative estimate of drug-likeness (QED) is 0.430. The van der Waals surface area contributed by atoms with Gasteiger partial charge in [0.15, 0.2) is 0 Å². The Morgan fingerprint density at radius 1 is 1.53 bits per heavy atom. The normalized spacial score (nSPS) is 11.9. The van der Waals surface area contributed by atoms with Crippen molar-refractivity contribution in [3.8, 4) is 0 Å². The number of aldehydes is 1. The van der Waals surface area contributed by atoms with Crippen molar-refractivity contribution in [2.45, 2.75) is 19.9 Å². The number of carbonyl (C=O) groups is 1. The second-order valence-electron chi connectivity index (χ2n) is 4.21. The van der Waals surface area contributed by atoms with Gasteiger partial charge in [-0.05, 0) is 26.0 Å². The number of hydrogen-bond acceptors (Lipinski definition) is 5. The van der Waals surface area contributed by atoms with E-state index in [4.69, 9.17) is 4.74 Å². The van der Waals surface area contributed by atoms with E-state index in [1.54, 1.807) is 19.2 Å². The molecule has 0 aliphatic rings. The molecule has 0 aliphatic heterocycles. The first-order valence-corrected chi connectivity index (χ1v) is 6.04. The molecule has 6 nitrogen and oxygen atoms in total. The topological polar surface area (TPSA) is 72.7 Å². The highest BCUT2D eigenvalue weighted by Gasteiger charge is 2.22. The number of nitrogens with zero attached hydrogens (tertiary/aromatic N) is 2. The molecule has 1 unspecified atom stereocenters. The van der Waals surface area contributed by atoms with Gasteiger partial charge in [0.25, 0.3) is 5.69 Å². The predicted molar refractivity (Wildman–Crippen MR) is 72.8 cm³/mol. The van der Waals surface area contributed by atoms with Crippen LogP contribution in [0.4, 0.5) is 11.4 Å². The first kappa shape index (κ1) is 15.1. The lowest BCUT2D eigenvalue weighted by Gasteiger charge is -2.29. The summed E-state index contributed by atoms with van der Waals surface area (Å²) in [5.74, 6) is 0. The molecule has 1 aromatic carbocycles. The monoisotopic (exact) mass is 266 g/mol. The molecule has 0 aromatic heterocycles. The highest BCUT2D eigenvalue weighted by atomic mass is 16.6. The molecule has 0 bridgehead atoms. The largest absolute Gasteiger partial charge is 0.383 e. The molecule has 6 heteroatoms. The third-order valence-corrected chi connectivity index (χ3v) is 2.92. The average Bonchev–Trinajstić information content (AvgIpc) is 2.40. The second kappa shape index (κ2) is 6.84. The summed E-state index contributed by atoms with van der Waals surface area (Å²) >= 11 is 0. The molecule has 0 radical (unpaired) electrons. The van der Waals surface area contributed by atoms with Crippen molar-refractivity contribution in [2.24, 2.45) is 0 Å². The van der Waals surface area contributed by atoms with E-state index in [1.165, 1.54) is 6.07 Å². The molecule has 0 amide bonds. The third-order valence-electron chi connectivity index (χ3n) is 2.92. The van der Waals surface area contributed by atoms with Crippen LogP contribution in [0.15, 0.2) is 18.2 Å². The number of rotatable bonds is 7. The Kier molecular flexibility index (Phi) is 5.44. The highest BCUT2D eigenvalue weighted by Crippen LogP contribution is 2.30. The summed E-state index contributed by atoms with van der Waals surface area (Å²) in [5.41, 5.74) is 0.739. The van der Waals surface area contributed by atoms with Crippen molar-refractivity contribution >= 4 is 17.7 Å². The minimum Gasteiger partial charge on any atom is -0.383 e. The molecule has 1 aromatic rings. The number of ether oxygens (including phenoxy) is 1. The maximum atomic E-state index is 11.1. The maximum absolute atomic E-state index is 11.1. The summed E-state index contributed by atoms with van der Waals surface area (Å²) in [6, 6.07) is 4.50. The van der Waals surface area contributed by atoms with Crippen molar-refractivity contribution in [1.82, 2.24) is 0 Å². The Balaban J connectivity index is 3.22. The van der Waals surface area contributed by atoms with Gasteiger partial charge in [-0.2, -0.15) is 0 Å². The molecule has 1 rings (SSSR count). The van der Waals surface area contributed by atoms with Gasteiger partial charge in [-0.15, -0.1) is 0 Å². The molecular formula is C13H18N2O4. The number of benzene rings is 1. The highest BCUT2D eigenvalue weighted by molar-refractivity contribution is 5.79. The third kappa shape index (κ3) is 3.51. The molecule has 19 heavy (non-hydrogen) atoms. The van der Waals surface area contributed by atoms with E-state index in [2.05, 4.69) is 0 Å². The maximum Gasteiger partial charge on any atom is 0.293 e. The fourth-order valence-electron chi connectivity index (χ4n) is 2.05. The summed E-state index contributed by atoms with van der Waals surface area (Å²) in [5, 5.41) is 11.1. The van der Waals surface area contributed by atoms with Crippen LogP contribution >= 0.6 is 0 Å². The molecule has 0 aliphatic carbocycles. The molecule has 104 valence electrons. The van der Waals surface area contributed by atoms with Crippen LogP contribution in [-0.2, 0) is 4.74 Å². The molecule has 0 saturated heterocycles. The number of methoxy groups -OCH3 is 1. The van der Waals surface area contributed by atoms with E-state index in [-0.39, 0.29) is 11.7 Å². The van der Waals surface area contributed by atoms with Gasteiger partial charge in [0, 0.05) is 31.3 Å². The van der Waals surface area contributed by atoms with Gasteiger partial charge in [0.1, 0.15) is 12.0 Å². The van der Waals surface area contributed by atoms with Crippen molar-refractivity contribution in [2.75, 3.05) is 25.2 Å². The van der Waals surface area contributed by atoms with E-state index < -0.39 is 4.92 Å². The summed E-state index contributed by atoms with van der Waals surface area (Å²) in [7, 11) is 1.59. The van der Waals surface area contributed by atoms with E-state index in [1.807, 2.05) is 18.7 Å². The summed E-state index contributed by atoms with van der Waals surface area (Å²) in [6.45, 7) is 4.94. The van der Waals surface area contributed by atoms with Gasteiger partial charge in [0.05, 0.1) is 11.5 Å². The standard InChI is InChI=1S/C13H18N2O4/c1-4-14(10(2)9-19-3)12-6-5-11(8-16)7-13(12)15(17)18/h5-8,10H,4,9H2,1-3H3. The van der Waals surface area contributed by atoms with Gasteiger partial charge in [0.2, 0.25) is 0 Å². The number of carbonyl (C=O) groups excluding carboxylic acids is 1. The van der Waals surface area contributed by atoms with Crippen LogP contribution in [0, 0.1) is 10.1 Å². The van der Waals surface area contributed by atoms with E-state index in [0.29, 0.717) is 30.7 Å². The van der Waals surface area contributed by atoms with E-state index in [9.17, 15) is 14.9 Å². The average molecular weight is 266 g/mol. The van der Waals surface area contributed by atoms with Gasteiger partial charge in [-0.3, -0.25) is 14.9 Å². The zero-order valence-electron chi connectivity index (χ0n) is 11.3. The smallest absolute Gasteiger partial charge is 0.293 e. The fraction of sp³-hybridized carbons (Fsp3) is 0.462. The number of nitro benzene ring substituents is 1. The molecular weight excluding hydrogens is 248 g/mol. The zero-order chi connectivity index (χ0) is 14.4. The van der Waals surface area contributed by atoms with Crippen molar-refractivity contribution < 1.29 is 14.5 Å². The van der Waals surface area contributed by atoms with Crippen LogP contribution in [-0.4, -0.2) is 37.5 Å². The van der Waals surface area contributed by atoms with Crippen molar-refractivity contribution in [3.63, 3.8) is 0 Å². The lowest BCUT2D eigenvalue weighted by atomic mass is 10.1. The number of nitro groups is 1. The predicted octanol–water partition coefficient (Wildman–Crippen LogP) is 2.27. The van der Waals surface area contributed by atoms with Gasteiger partial charge < -0.3 is 9.64 Å². The van der Waals surface area contributed by atoms with Crippen LogP contribution in [0.25, 0.3) is 0 Å². The lowest BCUT2D eigenvalue weighted by molar-refractivity contribution is -0.384. The Bertz CT molecular complexity index is 462. The van der Waals surface area contributed by atoms with Gasteiger partial charge in [-0.25, -0.2) is 0 Å². The molecule has 0 fully saturated rings. The number of anilines is 1. The first-order chi connectivity index (χ1) is 9.04. The summed E-state index contributed by atoms with van der Waals surface area (Å²) < 4.78 is 5.09. The number of likely N-dealkylation sites (N-methyl/N-ethyl adjacent to an activating group) is 1. The fourth-order valence-corrected chi connectivity index (χ4v) is 2.05. The summed E-state index contributed by atoms with van der Waals surface area (Å²) in [4.78, 5) is 23.3. The minimum atomic E-state index is -0.468. The molecule has 1 atom stereocenters. The van der Waals surface area contributed by atoms with Crippen LogP contribution < -0.4 is 4.90 Å². The van der Waals surface area contributed by atoms with Crippen LogP contribution in [0.5, 0.6) is 0 Å². The van der Waals surface area contributed by atoms with Crippen LogP contribution in [0.3, 0.4) is 0 Å². The Labute approximate surface area is 112 Å². The van der Waals surface area contributed by atoms with E-state index in [0.717, 1.165) is 0 Å². The Morgan fingerprint density at radius 3 is 2.68 bits per heavy atom. The van der Waals surface area contributed by atoms with Crippen LogP contribution in [0.2, 0.25) is 0 Å². The Hall–Kier alpha value is -1.95.